The molecule has 1 saturated heterocycles. The fourth-order valence-corrected chi connectivity index (χ4v) is 5.10. The topological polar surface area (TPSA) is 77.1 Å². The summed E-state index contributed by atoms with van der Waals surface area (Å²) in [5, 5.41) is 3.08. The number of benzene rings is 1. The number of thiocarbonyl (C=S) groups is 1. The largest absolute Gasteiger partial charge is 0.493 e. The molecule has 3 rings (SSSR count). The Morgan fingerprint density at radius 2 is 1.81 bits per heavy atom. The predicted octanol–water partition coefficient (Wildman–Crippen LogP) is 3.75. The molecule has 1 heterocycles. The summed E-state index contributed by atoms with van der Waals surface area (Å²) in [6.07, 6.45) is 7.60. The number of nitrogens with one attached hydrogen (secondary N) is 1. The van der Waals surface area contributed by atoms with Crippen LogP contribution in [0, 0.1) is 0 Å². The van der Waals surface area contributed by atoms with E-state index in [4.69, 9.17) is 26.4 Å². The zero-order valence-electron chi connectivity index (χ0n) is 18.1. The number of hydrogen-bond acceptors (Lipinski definition) is 7. The Morgan fingerprint density at radius 1 is 1.16 bits per heavy atom. The van der Waals surface area contributed by atoms with E-state index in [0.717, 1.165) is 31.2 Å². The zero-order chi connectivity index (χ0) is 22.4. The van der Waals surface area contributed by atoms with Crippen molar-refractivity contribution in [3.05, 3.63) is 22.6 Å². The first-order chi connectivity index (χ1) is 15.0. The van der Waals surface area contributed by atoms with E-state index in [1.165, 1.54) is 30.2 Å². The normalized spacial score (nSPS) is 18.4. The van der Waals surface area contributed by atoms with Crippen LogP contribution in [-0.2, 0) is 9.59 Å². The number of thioether (sulfide) groups is 1. The van der Waals surface area contributed by atoms with Gasteiger partial charge in [0.2, 0.25) is 11.7 Å². The molecule has 1 N–H and O–H groups in total. The molecule has 2 aliphatic rings. The molecule has 31 heavy (non-hydrogen) atoms. The summed E-state index contributed by atoms with van der Waals surface area (Å²) in [6, 6.07) is 3.80. The van der Waals surface area contributed by atoms with Gasteiger partial charge in [0.1, 0.15) is 4.32 Å². The van der Waals surface area contributed by atoms with E-state index in [1.807, 2.05) is 0 Å². The van der Waals surface area contributed by atoms with Crippen LogP contribution in [0.3, 0.4) is 0 Å². The van der Waals surface area contributed by atoms with Crippen molar-refractivity contribution in [3.8, 4) is 17.2 Å². The number of ether oxygens (including phenoxy) is 3. The third kappa shape index (κ3) is 5.71. The second-order valence-electron chi connectivity index (χ2n) is 7.44. The van der Waals surface area contributed by atoms with Crippen LogP contribution in [0.2, 0.25) is 0 Å². The molecule has 1 aromatic carbocycles. The quantitative estimate of drug-likeness (QED) is 0.464. The number of amides is 2. The number of rotatable bonds is 8. The van der Waals surface area contributed by atoms with Crippen molar-refractivity contribution >= 4 is 46.2 Å². The molecule has 0 unspecified atom stereocenters. The fraction of sp³-hybridized carbons (Fsp3) is 0.500. The Hall–Kier alpha value is -2.26. The SMILES string of the molecule is COc1cc(/C=C2\SC(=S)N(CCC(=O)NC3CCCCC3)C2=O)cc(OC)c1OC. The Balaban J connectivity index is 1.67. The lowest BCUT2D eigenvalue weighted by Crippen LogP contribution is -2.39. The maximum Gasteiger partial charge on any atom is 0.266 e. The molecule has 0 spiro atoms. The first kappa shape index (κ1) is 23.4. The highest BCUT2D eigenvalue weighted by Crippen LogP contribution is 2.40. The van der Waals surface area contributed by atoms with Gasteiger partial charge in [0.25, 0.3) is 5.91 Å². The van der Waals surface area contributed by atoms with Gasteiger partial charge in [-0.3, -0.25) is 14.5 Å². The second-order valence-corrected chi connectivity index (χ2v) is 9.12. The average Bonchev–Trinajstić information content (AvgIpc) is 3.04. The minimum Gasteiger partial charge on any atom is -0.493 e. The lowest BCUT2D eigenvalue weighted by Gasteiger charge is -2.23. The first-order valence-electron chi connectivity index (χ1n) is 10.3. The molecule has 1 saturated carbocycles. The minimum absolute atomic E-state index is 0.0328. The van der Waals surface area contributed by atoms with E-state index >= 15 is 0 Å². The molecule has 9 heteroatoms. The highest BCUT2D eigenvalue weighted by atomic mass is 32.2. The fourth-order valence-electron chi connectivity index (χ4n) is 3.79. The summed E-state index contributed by atoms with van der Waals surface area (Å²) in [4.78, 5) is 27.2. The van der Waals surface area contributed by atoms with Crippen molar-refractivity contribution in [2.75, 3.05) is 27.9 Å². The minimum atomic E-state index is -0.200. The third-order valence-electron chi connectivity index (χ3n) is 5.39. The van der Waals surface area contributed by atoms with E-state index in [1.54, 1.807) is 32.4 Å². The van der Waals surface area contributed by atoms with Crippen LogP contribution < -0.4 is 19.5 Å². The molecule has 2 fully saturated rings. The van der Waals surface area contributed by atoms with Crippen LogP contribution in [0.5, 0.6) is 17.2 Å². The van der Waals surface area contributed by atoms with Crippen molar-refractivity contribution in [1.29, 1.82) is 0 Å². The van der Waals surface area contributed by atoms with Gasteiger partial charge in [-0.25, -0.2) is 0 Å². The van der Waals surface area contributed by atoms with Crippen molar-refractivity contribution in [1.82, 2.24) is 10.2 Å². The summed E-state index contributed by atoms with van der Waals surface area (Å²) in [5.41, 5.74) is 0.727. The smallest absolute Gasteiger partial charge is 0.266 e. The van der Waals surface area contributed by atoms with E-state index in [-0.39, 0.29) is 30.8 Å². The molecule has 0 aromatic heterocycles. The summed E-state index contributed by atoms with van der Waals surface area (Å²) in [6.45, 7) is 0.274. The Labute approximate surface area is 192 Å². The predicted molar refractivity (Wildman–Crippen MR) is 126 cm³/mol. The second kappa shape index (κ2) is 10.9. The molecule has 1 aliphatic carbocycles. The van der Waals surface area contributed by atoms with Gasteiger partial charge >= 0.3 is 0 Å². The van der Waals surface area contributed by atoms with Crippen molar-refractivity contribution in [2.24, 2.45) is 0 Å². The van der Waals surface area contributed by atoms with Crippen molar-refractivity contribution in [3.63, 3.8) is 0 Å². The molecule has 7 nitrogen and oxygen atoms in total. The number of hydrogen-bond donors (Lipinski definition) is 1. The molecule has 168 valence electrons. The molecule has 1 aromatic rings. The Morgan fingerprint density at radius 3 is 2.39 bits per heavy atom. The van der Waals surface area contributed by atoms with Gasteiger partial charge in [-0.15, -0.1) is 0 Å². The first-order valence-corrected chi connectivity index (χ1v) is 11.5. The van der Waals surface area contributed by atoms with Crippen LogP contribution in [0.15, 0.2) is 17.0 Å². The molecule has 0 bridgehead atoms. The summed E-state index contributed by atoms with van der Waals surface area (Å²) in [7, 11) is 4.62. The number of carbonyl (C=O) groups excluding carboxylic acids is 2. The standard InChI is InChI=1S/C22H28N2O5S2/c1-27-16-11-14(12-17(28-2)20(16)29-3)13-18-21(26)24(22(30)31-18)10-9-19(25)23-15-7-5-4-6-8-15/h11-13,15H,4-10H2,1-3H3,(H,23,25)/b18-13-. The van der Waals surface area contributed by atoms with E-state index < -0.39 is 0 Å². The summed E-state index contributed by atoms with van der Waals surface area (Å²) >= 11 is 6.61. The highest BCUT2D eigenvalue weighted by molar-refractivity contribution is 8.26. The van der Waals surface area contributed by atoms with Crippen LogP contribution in [0.1, 0.15) is 44.1 Å². The van der Waals surface area contributed by atoms with Gasteiger partial charge in [0.05, 0.1) is 26.2 Å². The third-order valence-corrected chi connectivity index (χ3v) is 6.77. The van der Waals surface area contributed by atoms with Gasteiger partial charge < -0.3 is 19.5 Å². The van der Waals surface area contributed by atoms with E-state index in [9.17, 15) is 9.59 Å². The highest BCUT2D eigenvalue weighted by Gasteiger charge is 2.32. The lowest BCUT2D eigenvalue weighted by molar-refractivity contribution is -0.124. The molecular formula is C22H28N2O5S2. The van der Waals surface area contributed by atoms with E-state index in [2.05, 4.69) is 5.32 Å². The average molecular weight is 465 g/mol. The number of nitrogens with zero attached hydrogens (tertiary/aromatic N) is 1. The monoisotopic (exact) mass is 464 g/mol. The van der Waals surface area contributed by atoms with E-state index in [0.29, 0.717) is 26.5 Å². The summed E-state index contributed by atoms with van der Waals surface area (Å²) in [5.74, 6) is 1.26. The van der Waals surface area contributed by atoms with Gasteiger partial charge in [-0.2, -0.15) is 0 Å². The van der Waals surface area contributed by atoms with Crippen LogP contribution >= 0.6 is 24.0 Å². The molecular weight excluding hydrogens is 436 g/mol. The van der Waals surface area contributed by atoms with Crippen molar-refractivity contribution in [2.45, 2.75) is 44.6 Å². The van der Waals surface area contributed by atoms with Gasteiger partial charge in [-0.05, 0) is 36.6 Å². The molecule has 0 atom stereocenters. The maximum atomic E-state index is 12.9. The van der Waals surface area contributed by atoms with Crippen LogP contribution in [0.4, 0.5) is 0 Å². The Kier molecular flexibility index (Phi) is 8.20. The zero-order valence-corrected chi connectivity index (χ0v) is 19.7. The maximum absolute atomic E-state index is 12.9. The van der Waals surface area contributed by atoms with Crippen LogP contribution in [0.25, 0.3) is 6.08 Å². The Bertz CT molecular complexity index is 856. The molecule has 2 amide bonds. The molecule has 0 radical (unpaired) electrons. The summed E-state index contributed by atoms with van der Waals surface area (Å²) < 4.78 is 16.5. The number of methoxy groups -OCH3 is 3. The van der Waals surface area contributed by atoms with Gasteiger partial charge in [0.15, 0.2) is 11.5 Å². The van der Waals surface area contributed by atoms with Gasteiger partial charge in [0, 0.05) is 19.0 Å². The number of carbonyl (C=O) groups is 2. The lowest BCUT2D eigenvalue weighted by atomic mass is 9.95. The van der Waals surface area contributed by atoms with Crippen molar-refractivity contribution < 1.29 is 23.8 Å². The van der Waals surface area contributed by atoms with Crippen LogP contribution in [-0.4, -0.2) is 55.0 Å². The van der Waals surface area contributed by atoms with Gasteiger partial charge in [-0.1, -0.05) is 43.2 Å². The molecule has 1 aliphatic heterocycles.